The Morgan fingerprint density at radius 1 is 1.42 bits per heavy atom. The number of nitrogens with zero attached hydrogens (tertiary/aromatic N) is 4. The van der Waals surface area contributed by atoms with Crippen molar-refractivity contribution in [1.82, 2.24) is 19.2 Å². The number of likely N-dealkylation sites (N-methyl/N-ethyl adjacent to an activating group) is 1. The number of carbonyl (C=O) groups is 1. The first-order chi connectivity index (χ1) is 11.7. The summed E-state index contributed by atoms with van der Waals surface area (Å²) in [6.07, 6.45) is 6.18. The molecular weight excluding hydrogens is 304 g/mol. The van der Waals surface area contributed by atoms with Gasteiger partial charge in [0.15, 0.2) is 0 Å². The summed E-state index contributed by atoms with van der Waals surface area (Å²) in [6, 6.07) is 5.82. The van der Waals surface area contributed by atoms with E-state index in [2.05, 4.69) is 16.9 Å². The molecule has 1 atom stereocenters. The minimum atomic E-state index is 0.0161. The van der Waals surface area contributed by atoms with E-state index in [-0.39, 0.29) is 12.0 Å². The first kappa shape index (κ1) is 15.6. The van der Waals surface area contributed by atoms with Gasteiger partial charge in [0.1, 0.15) is 5.69 Å². The van der Waals surface area contributed by atoms with Crippen molar-refractivity contribution in [3.63, 3.8) is 0 Å². The lowest BCUT2D eigenvalue weighted by atomic mass is 10.2. The third-order valence-corrected chi connectivity index (χ3v) is 4.87. The molecule has 2 aliphatic rings. The number of aromatic nitrogens is 2. The highest BCUT2D eigenvalue weighted by Gasteiger charge is 2.30. The van der Waals surface area contributed by atoms with E-state index >= 15 is 0 Å². The molecule has 24 heavy (non-hydrogen) atoms. The fraction of sp³-hybridized carbons (Fsp3) is 0.556. The normalized spacial score (nSPS) is 22.0. The third-order valence-electron chi connectivity index (χ3n) is 4.87. The summed E-state index contributed by atoms with van der Waals surface area (Å²) in [4.78, 5) is 21.6. The summed E-state index contributed by atoms with van der Waals surface area (Å²) >= 11 is 0. The zero-order valence-corrected chi connectivity index (χ0v) is 14.1. The molecule has 6 heteroatoms. The minimum absolute atomic E-state index is 0.0161. The molecule has 1 saturated heterocycles. The van der Waals surface area contributed by atoms with Crippen LogP contribution in [0.4, 0.5) is 0 Å². The maximum absolute atomic E-state index is 13.0. The number of hydrogen-bond donors (Lipinski definition) is 0. The van der Waals surface area contributed by atoms with Gasteiger partial charge in [0.05, 0.1) is 19.0 Å². The van der Waals surface area contributed by atoms with Crippen molar-refractivity contribution >= 4 is 11.4 Å². The summed E-state index contributed by atoms with van der Waals surface area (Å²) in [5, 5.41) is 0. The van der Waals surface area contributed by atoms with Gasteiger partial charge in [0.2, 0.25) is 0 Å². The van der Waals surface area contributed by atoms with Gasteiger partial charge in [0.25, 0.3) is 5.91 Å². The lowest BCUT2D eigenvalue weighted by molar-refractivity contribution is -0.0332. The fourth-order valence-electron chi connectivity index (χ4n) is 3.29. The van der Waals surface area contributed by atoms with E-state index in [0.29, 0.717) is 18.2 Å². The second-order valence-electron chi connectivity index (χ2n) is 7.02. The molecule has 0 radical (unpaired) electrons. The van der Waals surface area contributed by atoms with Gasteiger partial charge >= 0.3 is 0 Å². The maximum atomic E-state index is 13.0. The predicted octanol–water partition coefficient (Wildman–Crippen LogP) is 1.52. The van der Waals surface area contributed by atoms with E-state index < -0.39 is 0 Å². The topological polar surface area (TPSA) is 50.1 Å². The van der Waals surface area contributed by atoms with Crippen LogP contribution in [0.25, 0.3) is 5.52 Å². The number of morpholine rings is 1. The quantitative estimate of drug-likeness (QED) is 0.835. The summed E-state index contributed by atoms with van der Waals surface area (Å²) in [5.74, 6) is 0.662. The molecule has 1 aliphatic heterocycles. The molecule has 0 aromatic carbocycles. The second-order valence-corrected chi connectivity index (χ2v) is 7.02. The van der Waals surface area contributed by atoms with E-state index in [4.69, 9.17) is 4.74 Å². The van der Waals surface area contributed by atoms with Crippen molar-refractivity contribution in [2.45, 2.75) is 18.9 Å². The Hall–Kier alpha value is -1.92. The van der Waals surface area contributed by atoms with Gasteiger partial charge in [-0.15, -0.1) is 0 Å². The standard InChI is InChI=1S/C18H24N4O2/c1-20-7-8-24-16(11-20)12-22(10-14-4-5-14)18(23)17-9-15-3-2-6-21(15)13-19-17/h2-3,6,9,13-14,16H,4-5,7-8,10-12H2,1H3. The molecule has 0 N–H and O–H groups in total. The molecule has 0 spiro atoms. The first-order valence-electron chi connectivity index (χ1n) is 8.71. The molecule has 1 saturated carbocycles. The smallest absolute Gasteiger partial charge is 0.272 e. The Labute approximate surface area is 142 Å². The molecule has 0 bridgehead atoms. The summed E-state index contributed by atoms with van der Waals surface area (Å²) in [6.45, 7) is 4.03. The molecule has 1 aliphatic carbocycles. The first-order valence-corrected chi connectivity index (χ1v) is 8.71. The molecule has 1 amide bonds. The highest BCUT2D eigenvalue weighted by atomic mass is 16.5. The van der Waals surface area contributed by atoms with Gasteiger partial charge in [0, 0.05) is 37.9 Å². The van der Waals surface area contributed by atoms with Gasteiger partial charge in [-0.05, 0) is 44.0 Å². The molecule has 2 aromatic rings. The Kier molecular flexibility index (Phi) is 4.24. The molecule has 128 valence electrons. The van der Waals surface area contributed by atoms with Gasteiger partial charge < -0.3 is 18.9 Å². The molecule has 2 fully saturated rings. The van der Waals surface area contributed by atoms with Crippen molar-refractivity contribution in [3.05, 3.63) is 36.4 Å². The zero-order valence-electron chi connectivity index (χ0n) is 14.1. The van der Waals surface area contributed by atoms with Gasteiger partial charge in [-0.25, -0.2) is 4.98 Å². The van der Waals surface area contributed by atoms with Crippen LogP contribution in [0.5, 0.6) is 0 Å². The maximum Gasteiger partial charge on any atom is 0.272 e. The predicted molar refractivity (Wildman–Crippen MR) is 91.1 cm³/mol. The average molecular weight is 328 g/mol. The van der Waals surface area contributed by atoms with Gasteiger partial charge in [-0.2, -0.15) is 0 Å². The van der Waals surface area contributed by atoms with E-state index in [1.54, 1.807) is 6.33 Å². The van der Waals surface area contributed by atoms with Crippen molar-refractivity contribution < 1.29 is 9.53 Å². The van der Waals surface area contributed by atoms with Crippen molar-refractivity contribution in [2.24, 2.45) is 5.92 Å². The van der Waals surface area contributed by atoms with E-state index in [1.165, 1.54) is 12.8 Å². The van der Waals surface area contributed by atoms with E-state index in [0.717, 1.165) is 31.8 Å². The van der Waals surface area contributed by atoms with E-state index in [1.807, 2.05) is 33.7 Å². The molecular formula is C18H24N4O2. The van der Waals surface area contributed by atoms with Crippen LogP contribution < -0.4 is 0 Å². The van der Waals surface area contributed by atoms with Crippen LogP contribution in [-0.2, 0) is 4.74 Å². The average Bonchev–Trinajstić information content (AvgIpc) is 3.27. The van der Waals surface area contributed by atoms with Crippen molar-refractivity contribution in [1.29, 1.82) is 0 Å². The number of rotatable bonds is 5. The lowest BCUT2D eigenvalue weighted by Gasteiger charge is -2.34. The fourth-order valence-corrected chi connectivity index (χ4v) is 3.29. The Balaban J connectivity index is 1.51. The number of fused-ring (bicyclic) bond motifs is 1. The van der Waals surface area contributed by atoms with E-state index in [9.17, 15) is 4.79 Å². The van der Waals surface area contributed by atoms with Gasteiger partial charge in [-0.3, -0.25) is 4.79 Å². The molecule has 6 nitrogen and oxygen atoms in total. The highest BCUT2D eigenvalue weighted by molar-refractivity contribution is 5.93. The molecule has 2 aromatic heterocycles. The van der Waals surface area contributed by atoms with Crippen LogP contribution in [0, 0.1) is 5.92 Å². The number of ether oxygens (including phenoxy) is 1. The molecule has 1 unspecified atom stereocenters. The second kappa shape index (κ2) is 6.53. The zero-order chi connectivity index (χ0) is 16.5. The monoisotopic (exact) mass is 328 g/mol. The van der Waals surface area contributed by atoms with Crippen LogP contribution in [0.3, 0.4) is 0 Å². The molecule has 3 heterocycles. The summed E-state index contributed by atoms with van der Waals surface area (Å²) < 4.78 is 7.78. The molecule has 4 rings (SSSR count). The summed E-state index contributed by atoms with van der Waals surface area (Å²) in [5.41, 5.74) is 1.51. The van der Waals surface area contributed by atoms with Crippen molar-refractivity contribution in [2.75, 3.05) is 39.8 Å². The van der Waals surface area contributed by atoms with Crippen LogP contribution in [0.15, 0.2) is 30.7 Å². The highest BCUT2D eigenvalue weighted by Crippen LogP contribution is 2.30. The number of carbonyl (C=O) groups excluding carboxylic acids is 1. The van der Waals surface area contributed by atoms with Crippen LogP contribution >= 0.6 is 0 Å². The van der Waals surface area contributed by atoms with Crippen LogP contribution in [-0.4, -0.2) is 71.0 Å². The van der Waals surface area contributed by atoms with Crippen LogP contribution in [0.1, 0.15) is 23.3 Å². The van der Waals surface area contributed by atoms with Crippen LogP contribution in [0.2, 0.25) is 0 Å². The summed E-state index contributed by atoms with van der Waals surface area (Å²) in [7, 11) is 2.10. The minimum Gasteiger partial charge on any atom is -0.374 e. The van der Waals surface area contributed by atoms with Crippen molar-refractivity contribution in [3.8, 4) is 0 Å². The number of amides is 1. The Bertz CT molecular complexity index is 725. The third kappa shape index (κ3) is 3.44. The number of hydrogen-bond acceptors (Lipinski definition) is 4. The Morgan fingerprint density at radius 3 is 3.08 bits per heavy atom. The van der Waals surface area contributed by atoms with Gasteiger partial charge in [-0.1, -0.05) is 0 Å². The lowest BCUT2D eigenvalue weighted by Crippen LogP contribution is -2.48. The Morgan fingerprint density at radius 2 is 2.29 bits per heavy atom. The largest absolute Gasteiger partial charge is 0.374 e. The SMILES string of the molecule is CN1CCOC(CN(CC2CC2)C(=O)c2cc3cccn3cn2)C1.